The lowest BCUT2D eigenvalue weighted by molar-refractivity contribution is 0.126. The first kappa shape index (κ1) is 13.2. The zero-order chi connectivity index (χ0) is 12.0. The van der Waals surface area contributed by atoms with Crippen LogP contribution in [0.1, 0.15) is 37.0 Å². The van der Waals surface area contributed by atoms with Crippen LogP contribution >= 0.6 is 0 Å². The molecule has 2 heteroatoms. The molecular weight excluding hydrogens is 198 g/mol. The highest BCUT2D eigenvalue weighted by Crippen LogP contribution is 2.15. The Labute approximate surface area is 98.9 Å². The van der Waals surface area contributed by atoms with Crippen LogP contribution in [0.5, 0.6) is 0 Å². The molecule has 1 rings (SSSR count). The van der Waals surface area contributed by atoms with E-state index in [1.165, 1.54) is 18.4 Å². The lowest BCUT2D eigenvalue weighted by Gasteiger charge is -2.20. The second kappa shape index (κ2) is 6.66. The number of hydrogen-bond acceptors (Lipinski definition) is 2. The molecule has 0 bridgehead atoms. The number of hydrogen-bond donors (Lipinski definition) is 1. The molecule has 1 atom stereocenters. The Balaban J connectivity index is 2.48. The first-order valence-electron chi connectivity index (χ1n) is 6.06. The third kappa shape index (κ3) is 4.33. The fourth-order valence-electron chi connectivity index (χ4n) is 1.80. The minimum absolute atomic E-state index is 0.373. The van der Waals surface area contributed by atoms with Crippen molar-refractivity contribution < 1.29 is 5.11 Å². The molecule has 2 nitrogen and oxygen atoms in total. The SMILES string of the molecule is CCCCN(C)CC(O)c1cccc(C)c1. The maximum atomic E-state index is 10.1. The normalized spacial score (nSPS) is 13.1. The van der Waals surface area contributed by atoms with Gasteiger partial charge in [-0.05, 0) is 32.5 Å². The summed E-state index contributed by atoms with van der Waals surface area (Å²) in [7, 11) is 2.06. The first-order chi connectivity index (χ1) is 7.63. The summed E-state index contributed by atoms with van der Waals surface area (Å²) in [6.07, 6.45) is 2.02. The van der Waals surface area contributed by atoms with Gasteiger partial charge >= 0.3 is 0 Å². The monoisotopic (exact) mass is 221 g/mol. The molecule has 90 valence electrons. The molecule has 0 saturated heterocycles. The largest absolute Gasteiger partial charge is 0.387 e. The van der Waals surface area contributed by atoms with Crippen LogP contribution in [0.3, 0.4) is 0 Å². The topological polar surface area (TPSA) is 23.5 Å². The van der Waals surface area contributed by atoms with Crippen LogP contribution in [0, 0.1) is 6.92 Å². The minimum Gasteiger partial charge on any atom is -0.387 e. The van der Waals surface area contributed by atoms with Crippen LogP contribution in [-0.2, 0) is 0 Å². The molecule has 1 N–H and O–H groups in total. The Morgan fingerprint density at radius 1 is 1.38 bits per heavy atom. The molecule has 0 radical (unpaired) electrons. The summed E-state index contributed by atoms with van der Waals surface area (Å²) < 4.78 is 0. The summed E-state index contributed by atoms with van der Waals surface area (Å²) in [6.45, 7) is 6.00. The lowest BCUT2D eigenvalue weighted by atomic mass is 10.1. The van der Waals surface area contributed by atoms with Crippen LogP contribution in [-0.4, -0.2) is 30.1 Å². The molecular formula is C14H23NO. The number of unbranched alkanes of at least 4 members (excludes halogenated alkanes) is 1. The summed E-state index contributed by atoms with van der Waals surface area (Å²) in [4.78, 5) is 2.19. The van der Waals surface area contributed by atoms with Crippen LogP contribution in [0.15, 0.2) is 24.3 Å². The van der Waals surface area contributed by atoms with Gasteiger partial charge in [-0.15, -0.1) is 0 Å². The molecule has 0 spiro atoms. The van der Waals surface area contributed by atoms with Crippen molar-refractivity contribution in [1.29, 1.82) is 0 Å². The van der Waals surface area contributed by atoms with Crippen LogP contribution in [0.4, 0.5) is 0 Å². The lowest BCUT2D eigenvalue weighted by Crippen LogP contribution is -2.25. The summed E-state index contributed by atoms with van der Waals surface area (Å²) in [5, 5.41) is 10.1. The maximum absolute atomic E-state index is 10.1. The van der Waals surface area contributed by atoms with E-state index in [0.717, 1.165) is 12.1 Å². The van der Waals surface area contributed by atoms with Crippen molar-refractivity contribution in [3.63, 3.8) is 0 Å². The summed E-state index contributed by atoms with van der Waals surface area (Å²) in [5.41, 5.74) is 2.22. The van der Waals surface area contributed by atoms with Crippen molar-refractivity contribution in [3.05, 3.63) is 35.4 Å². The van der Waals surface area contributed by atoms with E-state index >= 15 is 0 Å². The Morgan fingerprint density at radius 3 is 2.75 bits per heavy atom. The standard InChI is InChI=1S/C14H23NO/c1-4-5-9-15(3)11-14(16)13-8-6-7-12(2)10-13/h6-8,10,14,16H,4-5,9,11H2,1-3H3. The van der Waals surface area contributed by atoms with Crippen molar-refractivity contribution in [2.24, 2.45) is 0 Å². The summed E-state index contributed by atoms with van der Waals surface area (Å²) >= 11 is 0. The quantitative estimate of drug-likeness (QED) is 0.798. The van der Waals surface area contributed by atoms with Gasteiger partial charge in [0.05, 0.1) is 6.10 Å². The number of benzene rings is 1. The van der Waals surface area contributed by atoms with Crippen molar-refractivity contribution in [2.75, 3.05) is 20.1 Å². The fourth-order valence-corrected chi connectivity index (χ4v) is 1.80. The minimum atomic E-state index is -0.373. The third-order valence-corrected chi connectivity index (χ3v) is 2.80. The van der Waals surface area contributed by atoms with Crippen molar-refractivity contribution in [1.82, 2.24) is 4.90 Å². The molecule has 0 aliphatic heterocycles. The fraction of sp³-hybridized carbons (Fsp3) is 0.571. The Morgan fingerprint density at radius 2 is 2.12 bits per heavy atom. The number of nitrogens with zero attached hydrogens (tertiary/aromatic N) is 1. The number of rotatable bonds is 6. The molecule has 0 heterocycles. The summed E-state index contributed by atoms with van der Waals surface area (Å²) in [5.74, 6) is 0. The summed E-state index contributed by atoms with van der Waals surface area (Å²) in [6, 6.07) is 8.10. The molecule has 1 aromatic rings. The van der Waals surface area contributed by atoms with E-state index in [1.807, 2.05) is 12.1 Å². The van der Waals surface area contributed by atoms with Crippen molar-refractivity contribution >= 4 is 0 Å². The van der Waals surface area contributed by atoms with E-state index in [2.05, 4.69) is 37.9 Å². The van der Waals surface area contributed by atoms with Crippen LogP contribution < -0.4 is 0 Å². The van der Waals surface area contributed by atoms with Crippen LogP contribution in [0.25, 0.3) is 0 Å². The smallest absolute Gasteiger partial charge is 0.0916 e. The second-order valence-electron chi connectivity index (χ2n) is 4.55. The van der Waals surface area contributed by atoms with Gasteiger partial charge < -0.3 is 10.0 Å². The van der Waals surface area contributed by atoms with Crippen molar-refractivity contribution in [2.45, 2.75) is 32.8 Å². The van der Waals surface area contributed by atoms with Crippen molar-refractivity contribution in [3.8, 4) is 0 Å². The van der Waals surface area contributed by atoms with Gasteiger partial charge in [-0.3, -0.25) is 0 Å². The van der Waals surface area contributed by atoms with Gasteiger partial charge in [0.25, 0.3) is 0 Å². The molecule has 0 aliphatic carbocycles. The maximum Gasteiger partial charge on any atom is 0.0916 e. The molecule has 0 saturated carbocycles. The van der Waals surface area contributed by atoms with Gasteiger partial charge in [-0.1, -0.05) is 43.2 Å². The van der Waals surface area contributed by atoms with E-state index in [-0.39, 0.29) is 6.10 Å². The highest BCUT2D eigenvalue weighted by atomic mass is 16.3. The van der Waals surface area contributed by atoms with E-state index in [1.54, 1.807) is 0 Å². The molecule has 0 fully saturated rings. The molecule has 1 unspecified atom stereocenters. The molecule has 0 aromatic heterocycles. The first-order valence-corrected chi connectivity index (χ1v) is 6.06. The van der Waals surface area contributed by atoms with Gasteiger partial charge in [0.15, 0.2) is 0 Å². The molecule has 0 amide bonds. The van der Waals surface area contributed by atoms with E-state index < -0.39 is 0 Å². The van der Waals surface area contributed by atoms with Gasteiger partial charge in [0, 0.05) is 6.54 Å². The number of aliphatic hydroxyl groups excluding tert-OH is 1. The number of likely N-dealkylation sites (N-methyl/N-ethyl adjacent to an activating group) is 1. The van der Waals surface area contributed by atoms with E-state index in [9.17, 15) is 5.11 Å². The highest BCUT2D eigenvalue weighted by molar-refractivity contribution is 5.24. The Kier molecular flexibility index (Phi) is 5.50. The average Bonchev–Trinajstić information content (AvgIpc) is 2.26. The predicted molar refractivity (Wildman–Crippen MR) is 68.5 cm³/mol. The molecule has 0 aliphatic rings. The number of aryl methyl sites for hydroxylation is 1. The van der Waals surface area contributed by atoms with E-state index in [0.29, 0.717) is 6.54 Å². The van der Waals surface area contributed by atoms with E-state index in [4.69, 9.17) is 0 Å². The number of aliphatic hydroxyl groups is 1. The third-order valence-electron chi connectivity index (χ3n) is 2.80. The average molecular weight is 221 g/mol. The van der Waals surface area contributed by atoms with Gasteiger partial charge in [0.1, 0.15) is 0 Å². The predicted octanol–water partition coefficient (Wildman–Crippen LogP) is 2.76. The highest BCUT2D eigenvalue weighted by Gasteiger charge is 2.10. The zero-order valence-electron chi connectivity index (χ0n) is 10.6. The van der Waals surface area contributed by atoms with Gasteiger partial charge in [-0.2, -0.15) is 0 Å². The molecule has 1 aromatic carbocycles. The van der Waals surface area contributed by atoms with Gasteiger partial charge in [0.2, 0.25) is 0 Å². The Bertz CT molecular complexity index is 311. The van der Waals surface area contributed by atoms with Crippen LogP contribution in [0.2, 0.25) is 0 Å². The van der Waals surface area contributed by atoms with Gasteiger partial charge in [-0.25, -0.2) is 0 Å². The molecule has 16 heavy (non-hydrogen) atoms. The second-order valence-corrected chi connectivity index (χ2v) is 4.55. The zero-order valence-corrected chi connectivity index (χ0v) is 10.6. The Hall–Kier alpha value is -0.860.